The molecule has 0 bridgehead atoms. The Balaban J connectivity index is 2.15. The highest BCUT2D eigenvalue weighted by Gasteiger charge is 2.25. The predicted molar refractivity (Wildman–Crippen MR) is 77.7 cm³/mol. The number of aliphatic hydroxyl groups is 1. The summed E-state index contributed by atoms with van der Waals surface area (Å²) in [5.74, 6) is 1.78. The van der Waals surface area contributed by atoms with Crippen molar-refractivity contribution in [2.75, 3.05) is 18.1 Å². The first-order valence-electron chi connectivity index (χ1n) is 7.15. The van der Waals surface area contributed by atoms with E-state index in [0.29, 0.717) is 11.2 Å². The van der Waals surface area contributed by atoms with Crippen LogP contribution in [0.25, 0.3) is 0 Å². The molecule has 1 atom stereocenters. The molecule has 0 radical (unpaired) electrons. The second-order valence-electron chi connectivity index (χ2n) is 5.07. The van der Waals surface area contributed by atoms with E-state index in [2.05, 4.69) is 21.8 Å². The van der Waals surface area contributed by atoms with Gasteiger partial charge in [0.15, 0.2) is 0 Å². The maximum absolute atomic E-state index is 8.98. The van der Waals surface area contributed by atoms with Gasteiger partial charge in [-0.2, -0.15) is 0 Å². The Bertz CT molecular complexity index is 414. The summed E-state index contributed by atoms with van der Waals surface area (Å²) in [5, 5.41) is 9.51. The van der Waals surface area contributed by atoms with Gasteiger partial charge in [0.2, 0.25) is 0 Å². The van der Waals surface area contributed by atoms with Crippen molar-refractivity contribution >= 4 is 17.4 Å². The molecule has 1 unspecified atom stereocenters. The lowest BCUT2D eigenvalue weighted by atomic mass is 10.1. The highest BCUT2D eigenvalue weighted by atomic mass is 35.5. The molecule has 106 valence electrons. The quantitative estimate of drug-likeness (QED) is 0.816. The van der Waals surface area contributed by atoms with Crippen LogP contribution in [0.1, 0.15) is 44.9 Å². The third kappa shape index (κ3) is 3.80. The molecule has 0 saturated carbocycles. The van der Waals surface area contributed by atoms with E-state index in [9.17, 15) is 0 Å². The van der Waals surface area contributed by atoms with Crippen LogP contribution in [0.3, 0.4) is 0 Å². The molecule has 1 saturated heterocycles. The summed E-state index contributed by atoms with van der Waals surface area (Å²) < 4.78 is 0. The predicted octanol–water partition coefficient (Wildman–Crippen LogP) is 2.82. The van der Waals surface area contributed by atoms with Crippen molar-refractivity contribution in [1.82, 2.24) is 9.97 Å². The first kappa shape index (κ1) is 14.5. The van der Waals surface area contributed by atoms with Crippen LogP contribution in [-0.4, -0.2) is 34.3 Å². The molecule has 0 aromatic carbocycles. The van der Waals surface area contributed by atoms with Gasteiger partial charge < -0.3 is 10.0 Å². The summed E-state index contributed by atoms with van der Waals surface area (Å²) in [4.78, 5) is 11.2. The number of hydrogen-bond acceptors (Lipinski definition) is 4. The Hall–Kier alpha value is -0.870. The largest absolute Gasteiger partial charge is 0.396 e. The minimum absolute atomic E-state index is 0.260. The first-order valence-corrected chi connectivity index (χ1v) is 7.53. The zero-order chi connectivity index (χ0) is 13.7. The van der Waals surface area contributed by atoms with Crippen LogP contribution in [0.4, 0.5) is 5.82 Å². The highest BCUT2D eigenvalue weighted by Crippen LogP contribution is 2.28. The van der Waals surface area contributed by atoms with Crippen molar-refractivity contribution in [3.63, 3.8) is 0 Å². The third-order valence-electron chi connectivity index (χ3n) is 3.57. The van der Waals surface area contributed by atoms with Gasteiger partial charge in [0.1, 0.15) is 16.8 Å². The van der Waals surface area contributed by atoms with E-state index in [1.165, 1.54) is 12.8 Å². The number of aromatic nitrogens is 2. The lowest BCUT2D eigenvalue weighted by molar-refractivity contribution is 0.279. The average Bonchev–Trinajstić information content (AvgIpc) is 2.84. The van der Waals surface area contributed by atoms with E-state index in [0.717, 1.165) is 43.9 Å². The summed E-state index contributed by atoms with van der Waals surface area (Å²) in [6, 6.07) is 2.34. The number of anilines is 1. The minimum Gasteiger partial charge on any atom is -0.396 e. The fourth-order valence-corrected chi connectivity index (χ4v) is 2.89. The normalized spacial score (nSPS) is 19.1. The van der Waals surface area contributed by atoms with Gasteiger partial charge >= 0.3 is 0 Å². The molecular weight excluding hydrogens is 262 g/mol. The molecular formula is C14H22ClN3O. The van der Waals surface area contributed by atoms with Crippen molar-refractivity contribution in [3.05, 3.63) is 17.0 Å². The van der Waals surface area contributed by atoms with Gasteiger partial charge in [0, 0.05) is 31.7 Å². The fraction of sp³-hybridized carbons (Fsp3) is 0.714. The molecule has 2 heterocycles. The molecule has 4 nitrogen and oxygen atoms in total. The van der Waals surface area contributed by atoms with Crippen LogP contribution >= 0.6 is 11.6 Å². The lowest BCUT2D eigenvalue weighted by Gasteiger charge is -2.26. The van der Waals surface area contributed by atoms with Gasteiger partial charge in [-0.1, -0.05) is 18.5 Å². The van der Waals surface area contributed by atoms with Crippen LogP contribution in [0, 0.1) is 0 Å². The summed E-state index contributed by atoms with van der Waals surface area (Å²) in [5.41, 5.74) is 0. The molecule has 1 fully saturated rings. The lowest BCUT2D eigenvalue weighted by Crippen LogP contribution is -2.30. The maximum Gasteiger partial charge on any atom is 0.134 e. The van der Waals surface area contributed by atoms with Gasteiger partial charge in [-0.05, 0) is 32.1 Å². The summed E-state index contributed by atoms with van der Waals surface area (Å²) in [6.45, 7) is 3.40. The van der Waals surface area contributed by atoms with E-state index in [1.807, 2.05) is 6.07 Å². The highest BCUT2D eigenvalue weighted by molar-refractivity contribution is 6.29. The molecule has 1 aliphatic heterocycles. The molecule has 0 amide bonds. The van der Waals surface area contributed by atoms with Crippen LogP contribution in [0.2, 0.25) is 5.15 Å². The Kier molecular flexibility index (Phi) is 5.40. The van der Waals surface area contributed by atoms with E-state index in [-0.39, 0.29) is 6.61 Å². The second-order valence-corrected chi connectivity index (χ2v) is 5.46. The van der Waals surface area contributed by atoms with Crippen molar-refractivity contribution in [1.29, 1.82) is 0 Å². The summed E-state index contributed by atoms with van der Waals surface area (Å²) in [6.07, 6.45) is 6.10. The Morgan fingerprint density at radius 3 is 3.05 bits per heavy atom. The molecule has 1 aliphatic rings. The number of halogens is 1. The number of aliphatic hydroxyl groups excluding tert-OH is 1. The van der Waals surface area contributed by atoms with Gasteiger partial charge in [0.25, 0.3) is 0 Å². The standard InChI is InChI=1S/C14H22ClN3O/c1-2-5-13-16-12(15)10-14(17-13)18-8-3-6-11(18)7-4-9-19/h10-11,19H,2-9H2,1H3. The van der Waals surface area contributed by atoms with Crippen LogP contribution in [0.5, 0.6) is 0 Å². The summed E-state index contributed by atoms with van der Waals surface area (Å²) >= 11 is 6.10. The Labute approximate surface area is 119 Å². The molecule has 0 spiro atoms. The zero-order valence-corrected chi connectivity index (χ0v) is 12.2. The van der Waals surface area contributed by atoms with Crippen molar-refractivity contribution < 1.29 is 5.11 Å². The van der Waals surface area contributed by atoms with Gasteiger partial charge in [0.05, 0.1) is 0 Å². The van der Waals surface area contributed by atoms with Crippen LogP contribution < -0.4 is 4.90 Å². The number of rotatable bonds is 6. The molecule has 1 aromatic heterocycles. The number of nitrogens with zero attached hydrogens (tertiary/aromatic N) is 3. The smallest absolute Gasteiger partial charge is 0.134 e. The molecule has 1 aromatic rings. The second kappa shape index (κ2) is 7.06. The van der Waals surface area contributed by atoms with E-state index < -0.39 is 0 Å². The van der Waals surface area contributed by atoms with Gasteiger partial charge in [-0.25, -0.2) is 9.97 Å². The molecule has 1 N–H and O–H groups in total. The average molecular weight is 284 g/mol. The van der Waals surface area contributed by atoms with Crippen molar-refractivity contribution in [3.8, 4) is 0 Å². The van der Waals surface area contributed by atoms with E-state index in [4.69, 9.17) is 16.7 Å². The molecule has 5 heteroatoms. The van der Waals surface area contributed by atoms with E-state index in [1.54, 1.807) is 0 Å². The molecule has 19 heavy (non-hydrogen) atoms. The van der Waals surface area contributed by atoms with Gasteiger partial charge in [-0.15, -0.1) is 0 Å². The van der Waals surface area contributed by atoms with Crippen LogP contribution in [-0.2, 0) is 6.42 Å². The number of hydrogen-bond donors (Lipinski definition) is 1. The van der Waals surface area contributed by atoms with Crippen molar-refractivity contribution in [2.24, 2.45) is 0 Å². The van der Waals surface area contributed by atoms with Crippen molar-refractivity contribution in [2.45, 2.75) is 51.5 Å². The van der Waals surface area contributed by atoms with Crippen LogP contribution in [0.15, 0.2) is 6.07 Å². The minimum atomic E-state index is 0.260. The Morgan fingerprint density at radius 1 is 1.47 bits per heavy atom. The monoisotopic (exact) mass is 283 g/mol. The van der Waals surface area contributed by atoms with Gasteiger partial charge in [-0.3, -0.25) is 0 Å². The summed E-state index contributed by atoms with van der Waals surface area (Å²) in [7, 11) is 0. The number of aryl methyl sites for hydroxylation is 1. The maximum atomic E-state index is 8.98. The molecule has 0 aliphatic carbocycles. The third-order valence-corrected chi connectivity index (χ3v) is 3.76. The SMILES string of the molecule is CCCc1nc(Cl)cc(N2CCCC2CCCO)n1. The Morgan fingerprint density at radius 2 is 2.32 bits per heavy atom. The topological polar surface area (TPSA) is 49.2 Å². The fourth-order valence-electron chi connectivity index (χ4n) is 2.70. The molecule has 2 rings (SSSR count). The van der Waals surface area contributed by atoms with E-state index >= 15 is 0 Å². The zero-order valence-electron chi connectivity index (χ0n) is 11.5. The first-order chi connectivity index (χ1) is 9.24.